The Bertz CT molecular complexity index is 617. The summed E-state index contributed by atoms with van der Waals surface area (Å²) in [5.41, 5.74) is 4.23. The average Bonchev–Trinajstić information content (AvgIpc) is 2.79. The van der Waals surface area contributed by atoms with Gasteiger partial charge in [-0.3, -0.25) is 5.10 Å². The van der Waals surface area contributed by atoms with E-state index in [9.17, 15) is 0 Å². The summed E-state index contributed by atoms with van der Waals surface area (Å²) in [4.78, 5) is 11.0. The summed E-state index contributed by atoms with van der Waals surface area (Å²) in [5, 5.41) is 10.7. The van der Waals surface area contributed by atoms with Gasteiger partial charge in [-0.05, 0) is 33.8 Å². The molecule has 21 heavy (non-hydrogen) atoms. The van der Waals surface area contributed by atoms with Crippen LogP contribution in [-0.4, -0.2) is 40.3 Å². The molecule has 0 saturated heterocycles. The van der Waals surface area contributed by atoms with Crippen molar-refractivity contribution in [2.24, 2.45) is 0 Å². The van der Waals surface area contributed by atoms with E-state index in [-0.39, 0.29) is 6.04 Å². The maximum atomic E-state index is 4.59. The number of aryl methyl sites for hydroxylation is 2. The van der Waals surface area contributed by atoms with E-state index in [1.165, 1.54) is 0 Å². The quantitative estimate of drug-likeness (QED) is 0.883. The number of hydrogen-bond donors (Lipinski definition) is 2. The first kappa shape index (κ1) is 15.3. The average molecular weight is 288 g/mol. The van der Waals surface area contributed by atoms with Gasteiger partial charge in [0.2, 0.25) is 5.95 Å². The maximum Gasteiger partial charge on any atom is 0.227 e. The van der Waals surface area contributed by atoms with Gasteiger partial charge >= 0.3 is 0 Å². The van der Waals surface area contributed by atoms with E-state index in [2.05, 4.69) is 38.5 Å². The summed E-state index contributed by atoms with van der Waals surface area (Å²) < 4.78 is 0. The van der Waals surface area contributed by atoms with Crippen LogP contribution in [-0.2, 0) is 6.42 Å². The van der Waals surface area contributed by atoms with Crippen LogP contribution in [0.25, 0.3) is 0 Å². The lowest BCUT2D eigenvalue weighted by Crippen LogP contribution is -2.22. The monoisotopic (exact) mass is 288 g/mol. The summed E-state index contributed by atoms with van der Waals surface area (Å²) in [6, 6.07) is 2.32. The van der Waals surface area contributed by atoms with Gasteiger partial charge in [0.05, 0.1) is 5.69 Å². The van der Waals surface area contributed by atoms with Crippen molar-refractivity contribution in [1.29, 1.82) is 0 Å². The molecular formula is C15H24N6. The summed E-state index contributed by atoms with van der Waals surface area (Å²) in [6.45, 7) is 8.20. The largest absolute Gasteiger partial charge is 0.367 e. The van der Waals surface area contributed by atoms with Crippen LogP contribution >= 0.6 is 0 Å². The van der Waals surface area contributed by atoms with Crippen molar-refractivity contribution >= 4 is 11.8 Å². The highest BCUT2D eigenvalue weighted by atomic mass is 15.2. The highest BCUT2D eigenvalue weighted by molar-refractivity contribution is 5.50. The fraction of sp³-hybridized carbons (Fsp3) is 0.533. The van der Waals surface area contributed by atoms with Crippen LogP contribution in [0.4, 0.5) is 11.8 Å². The van der Waals surface area contributed by atoms with E-state index in [1.54, 1.807) is 0 Å². The van der Waals surface area contributed by atoms with E-state index in [0.717, 1.165) is 40.8 Å². The van der Waals surface area contributed by atoms with Gasteiger partial charge in [0, 0.05) is 43.5 Å². The molecule has 0 aromatic carbocycles. The van der Waals surface area contributed by atoms with E-state index in [1.807, 2.05) is 39.8 Å². The number of nitrogens with one attached hydrogen (secondary N) is 2. The molecule has 1 unspecified atom stereocenters. The van der Waals surface area contributed by atoms with Crippen LogP contribution in [0.15, 0.2) is 6.07 Å². The summed E-state index contributed by atoms with van der Waals surface area (Å²) >= 11 is 0. The second-order valence-corrected chi connectivity index (χ2v) is 5.77. The lowest BCUT2D eigenvalue weighted by atomic mass is 10.1. The van der Waals surface area contributed by atoms with Crippen LogP contribution in [0.3, 0.4) is 0 Å². The van der Waals surface area contributed by atoms with E-state index in [4.69, 9.17) is 0 Å². The van der Waals surface area contributed by atoms with Crippen LogP contribution < -0.4 is 10.2 Å². The Morgan fingerprint density at radius 1 is 1.24 bits per heavy atom. The molecule has 2 heterocycles. The lowest BCUT2D eigenvalue weighted by molar-refractivity contribution is 0.756. The van der Waals surface area contributed by atoms with E-state index < -0.39 is 0 Å². The number of nitrogens with zero attached hydrogens (tertiary/aromatic N) is 4. The first-order chi connectivity index (χ1) is 9.86. The third-order valence-corrected chi connectivity index (χ3v) is 3.43. The topological polar surface area (TPSA) is 69.7 Å². The minimum Gasteiger partial charge on any atom is -0.367 e. The Hall–Kier alpha value is -2.11. The van der Waals surface area contributed by atoms with Crippen LogP contribution in [0.1, 0.15) is 29.6 Å². The number of aromatic nitrogens is 4. The molecule has 0 aliphatic carbocycles. The molecule has 114 valence electrons. The van der Waals surface area contributed by atoms with Gasteiger partial charge in [-0.25, -0.2) is 4.98 Å². The Kier molecular flexibility index (Phi) is 4.45. The third-order valence-electron chi connectivity index (χ3n) is 3.43. The van der Waals surface area contributed by atoms with Crippen LogP contribution in [0.2, 0.25) is 0 Å². The molecule has 2 aromatic heterocycles. The first-order valence-electron chi connectivity index (χ1n) is 7.16. The zero-order valence-electron chi connectivity index (χ0n) is 13.7. The molecule has 0 spiro atoms. The number of anilines is 2. The molecule has 2 aromatic rings. The fourth-order valence-corrected chi connectivity index (χ4v) is 2.13. The van der Waals surface area contributed by atoms with Gasteiger partial charge in [-0.1, -0.05) is 0 Å². The summed E-state index contributed by atoms with van der Waals surface area (Å²) in [5.74, 6) is 1.62. The van der Waals surface area contributed by atoms with Gasteiger partial charge in [-0.2, -0.15) is 10.1 Å². The van der Waals surface area contributed by atoms with E-state index >= 15 is 0 Å². The zero-order valence-corrected chi connectivity index (χ0v) is 13.7. The Morgan fingerprint density at radius 3 is 2.52 bits per heavy atom. The predicted molar refractivity (Wildman–Crippen MR) is 85.9 cm³/mol. The normalized spacial score (nSPS) is 12.3. The maximum absolute atomic E-state index is 4.59. The minimum atomic E-state index is 0.246. The van der Waals surface area contributed by atoms with Gasteiger partial charge in [-0.15, -0.1) is 0 Å². The van der Waals surface area contributed by atoms with Gasteiger partial charge in [0.15, 0.2) is 0 Å². The molecule has 0 fully saturated rings. The first-order valence-corrected chi connectivity index (χ1v) is 7.16. The molecule has 6 nitrogen and oxygen atoms in total. The molecule has 0 saturated carbocycles. The highest BCUT2D eigenvalue weighted by Gasteiger charge is 2.13. The van der Waals surface area contributed by atoms with Gasteiger partial charge in [0.25, 0.3) is 0 Å². The van der Waals surface area contributed by atoms with Crippen LogP contribution in [0.5, 0.6) is 0 Å². The Balaban J connectivity index is 2.14. The summed E-state index contributed by atoms with van der Waals surface area (Å²) in [7, 11) is 3.90. The second kappa shape index (κ2) is 6.11. The summed E-state index contributed by atoms with van der Waals surface area (Å²) in [6.07, 6.45) is 0.851. The number of rotatable bonds is 5. The molecule has 0 aliphatic rings. The van der Waals surface area contributed by atoms with Crippen LogP contribution in [0, 0.1) is 20.8 Å². The van der Waals surface area contributed by atoms with Crippen molar-refractivity contribution in [3.63, 3.8) is 0 Å². The number of hydrogen-bond acceptors (Lipinski definition) is 5. The third kappa shape index (κ3) is 3.71. The number of aromatic amines is 1. The molecule has 6 heteroatoms. The minimum absolute atomic E-state index is 0.246. The lowest BCUT2D eigenvalue weighted by Gasteiger charge is -2.19. The predicted octanol–water partition coefficient (Wildman–Crippen LogP) is 2.23. The molecule has 2 rings (SSSR count). The SMILES string of the molecule is Cc1cc(CC(C)Nc2nc(N(C)C)nc(C)c2C)n[nH]1. The molecule has 0 radical (unpaired) electrons. The molecule has 1 atom stereocenters. The zero-order chi connectivity index (χ0) is 15.6. The van der Waals surface area contributed by atoms with Crippen molar-refractivity contribution in [3.8, 4) is 0 Å². The van der Waals surface area contributed by atoms with Gasteiger partial charge in [0.1, 0.15) is 5.82 Å². The van der Waals surface area contributed by atoms with Crippen molar-refractivity contribution in [2.45, 2.75) is 40.2 Å². The van der Waals surface area contributed by atoms with Gasteiger partial charge < -0.3 is 10.2 Å². The standard InChI is InChI=1S/C15H24N6/c1-9(7-13-8-10(2)19-20-13)16-14-11(3)12(4)17-15(18-14)21(5)6/h8-9H,7H2,1-6H3,(H,19,20)(H,16,17,18). The molecular weight excluding hydrogens is 264 g/mol. The molecule has 0 bridgehead atoms. The number of H-pyrrole nitrogens is 1. The Morgan fingerprint density at radius 2 is 1.95 bits per heavy atom. The van der Waals surface area contributed by atoms with Crippen molar-refractivity contribution in [1.82, 2.24) is 20.2 Å². The second-order valence-electron chi connectivity index (χ2n) is 5.77. The molecule has 2 N–H and O–H groups in total. The van der Waals surface area contributed by atoms with E-state index in [0.29, 0.717) is 0 Å². The molecule has 0 aliphatic heterocycles. The smallest absolute Gasteiger partial charge is 0.227 e. The Labute approximate surface area is 126 Å². The van der Waals surface area contributed by atoms with Crippen molar-refractivity contribution in [2.75, 3.05) is 24.3 Å². The highest BCUT2D eigenvalue weighted by Crippen LogP contribution is 2.19. The fourth-order valence-electron chi connectivity index (χ4n) is 2.13. The molecule has 0 amide bonds. The van der Waals surface area contributed by atoms with Crippen molar-refractivity contribution in [3.05, 3.63) is 28.7 Å². The van der Waals surface area contributed by atoms with Crippen molar-refractivity contribution < 1.29 is 0 Å².